The molecule has 0 spiro atoms. The van der Waals surface area contributed by atoms with E-state index in [1.807, 2.05) is 24.3 Å². The lowest BCUT2D eigenvalue weighted by molar-refractivity contribution is -0.133. The van der Waals surface area contributed by atoms with E-state index in [1.165, 1.54) is 17.5 Å². The molecule has 2 aliphatic heterocycles. The molecule has 1 aliphatic carbocycles. The van der Waals surface area contributed by atoms with Crippen molar-refractivity contribution >= 4 is 54.8 Å². The number of carbonyl (C=O) groups excluding carboxylic acids is 3. The number of phenolic OH excluding ortho intramolecular Hbond substituents is 1. The summed E-state index contributed by atoms with van der Waals surface area (Å²) >= 11 is 5.16. The number of amides is 1. The van der Waals surface area contributed by atoms with Crippen molar-refractivity contribution in [3.05, 3.63) is 112 Å². The number of unbranched alkanes of at least 4 members (excludes halogenated alkanes) is 1. The zero-order valence-electron chi connectivity index (χ0n) is 31.7. The quantitative estimate of drug-likeness (QED) is 0.0934. The molecule has 3 aliphatic rings. The predicted molar refractivity (Wildman–Crippen MR) is 226 cm³/mol. The van der Waals surface area contributed by atoms with Crippen LogP contribution in [0.2, 0.25) is 0 Å². The number of nitrogens with zero attached hydrogens (tertiary/aromatic N) is 3. The number of Topliss-reactive ketones (excluding diaryl/α,β-unsaturated/α-hetero) is 2. The maximum atomic E-state index is 13.1. The molecule has 0 bridgehead atoms. The first-order chi connectivity index (χ1) is 27.3. The first kappa shape index (κ1) is 38.5. The topological polar surface area (TPSA) is 90.4 Å². The number of fused-ring (bicyclic) bond motifs is 2. The van der Waals surface area contributed by atoms with Crippen molar-refractivity contribution in [2.75, 3.05) is 39.3 Å². The van der Waals surface area contributed by atoms with Crippen LogP contribution in [0.15, 0.2) is 89.4 Å². The molecule has 1 saturated carbocycles. The number of thiophene rings is 1. The molecule has 1 saturated heterocycles. The molecule has 1 N–H and O–H groups in total. The Hall–Kier alpha value is -4.35. The van der Waals surface area contributed by atoms with Crippen LogP contribution in [0.25, 0.3) is 20.5 Å². The summed E-state index contributed by atoms with van der Waals surface area (Å²) in [6.07, 6.45) is 7.35. The maximum Gasteiger partial charge on any atom is 0.255 e. The van der Waals surface area contributed by atoms with Crippen LogP contribution >= 0.6 is 27.3 Å². The molecule has 1 atom stereocenters. The second-order valence-corrected chi connectivity index (χ2v) is 17.4. The van der Waals surface area contributed by atoms with Gasteiger partial charge < -0.3 is 24.5 Å². The third-order valence-corrected chi connectivity index (χ3v) is 13.2. The lowest BCUT2D eigenvalue weighted by Crippen LogP contribution is -2.44. The Morgan fingerprint density at radius 3 is 2.29 bits per heavy atom. The first-order valence-electron chi connectivity index (χ1n) is 20.0. The summed E-state index contributed by atoms with van der Waals surface area (Å²) < 4.78 is 8.56. The second-order valence-electron chi connectivity index (χ2n) is 15.5. The van der Waals surface area contributed by atoms with Gasteiger partial charge in [-0.15, -0.1) is 11.3 Å². The molecular formula is C46H48BrN3O5S. The average Bonchev–Trinajstić information content (AvgIpc) is 3.60. The zero-order valence-corrected chi connectivity index (χ0v) is 34.1. The van der Waals surface area contributed by atoms with Gasteiger partial charge in [-0.3, -0.25) is 14.4 Å². The molecule has 8 nitrogen and oxygen atoms in total. The third kappa shape index (κ3) is 8.94. The number of hydrogen-bond donors (Lipinski definition) is 1. The van der Waals surface area contributed by atoms with Gasteiger partial charge in [0.15, 0.2) is 11.5 Å². The number of aryl methyl sites for hydroxylation is 2. The summed E-state index contributed by atoms with van der Waals surface area (Å²) in [5, 5.41) is 11.1. The van der Waals surface area contributed by atoms with E-state index in [9.17, 15) is 19.5 Å². The van der Waals surface area contributed by atoms with Gasteiger partial charge in [0.2, 0.25) is 0 Å². The normalized spacial score (nSPS) is 18.1. The number of carbonyl (C=O) groups is 3. The van der Waals surface area contributed by atoms with Crippen LogP contribution in [-0.2, 0) is 29.0 Å². The van der Waals surface area contributed by atoms with E-state index in [1.54, 1.807) is 28.4 Å². The molecule has 1 aromatic heterocycles. The van der Waals surface area contributed by atoms with Crippen LogP contribution in [-0.4, -0.2) is 82.6 Å². The van der Waals surface area contributed by atoms with Crippen molar-refractivity contribution in [1.82, 2.24) is 14.7 Å². The van der Waals surface area contributed by atoms with Gasteiger partial charge in [-0.25, -0.2) is 0 Å². The van der Waals surface area contributed by atoms with E-state index >= 15 is 0 Å². The van der Waals surface area contributed by atoms with Gasteiger partial charge in [0, 0.05) is 46.2 Å². The minimum atomic E-state index is -0.463. The molecule has 1 unspecified atom stereocenters. The predicted octanol–water partition coefficient (Wildman–Crippen LogP) is 9.44. The van der Waals surface area contributed by atoms with E-state index in [2.05, 4.69) is 74.3 Å². The van der Waals surface area contributed by atoms with E-state index < -0.39 is 6.04 Å². The molecule has 1 amide bonds. The molecule has 5 aromatic rings. The average molecular weight is 835 g/mol. The van der Waals surface area contributed by atoms with Crippen LogP contribution in [0, 0.1) is 0 Å². The fourth-order valence-electron chi connectivity index (χ4n) is 8.43. The van der Waals surface area contributed by atoms with Crippen molar-refractivity contribution < 1.29 is 24.2 Å². The molecule has 56 heavy (non-hydrogen) atoms. The summed E-state index contributed by atoms with van der Waals surface area (Å²) in [5.41, 5.74) is 5.35. The SMILES string of the molecule is O=C1CCC(N2Cc3cc(CCCCN4CCCN(CCCc5ccc(Oc6c(-c7ccc(Br)cc7)sc7cc(O)ccc67)cc5)CC4)ccc3C2=O)C(=O)C1. The molecule has 10 heteroatoms. The van der Waals surface area contributed by atoms with Crippen LogP contribution in [0.1, 0.15) is 72.0 Å². The highest BCUT2D eigenvalue weighted by molar-refractivity contribution is 9.10. The van der Waals surface area contributed by atoms with E-state index in [4.69, 9.17) is 4.74 Å². The van der Waals surface area contributed by atoms with Gasteiger partial charge in [-0.1, -0.05) is 52.3 Å². The zero-order chi connectivity index (χ0) is 38.6. The van der Waals surface area contributed by atoms with Crippen LogP contribution in [0.4, 0.5) is 0 Å². The Morgan fingerprint density at radius 1 is 0.786 bits per heavy atom. The monoisotopic (exact) mass is 833 g/mol. The molecule has 0 radical (unpaired) electrons. The van der Waals surface area contributed by atoms with Crippen molar-refractivity contribution in [1.29, 1.82) is 0 Å². The molecule has 3 heterocycles. The third-order valence-electron chi connectivity index (χ3n) is 11.5. The number of phenols is 1. The number of rotatable bonds is 13. The van der Waals surface area contributed by atoms with Crippen molar-refractivity contribution in [2.45, 2.75) is 70.4 Å². The molecule has 2 fully saturated rings. The van der Waals surface area contributed by atoms with Gasteiger partial charge in [0.05, 0.1) is 17.3 Å². The largest absolute Gasteiger partial charge is 0.508 e. The Balaban J connectivity index is 0.763. The number of aromatic hydroxyl groups is 1. The minimum absolute atomic E-state index is 0.0164. The molecule has 4 aromatic carbocycles. The van der Waals surface area contributed by atoms with Crippen molar-refractivity contribution in [2.24, 2.45) is 0 Å². The van der Waals surface area contributed by atoms with Gasteiger partial charge >= 0.3 is 0 Å². The fourth-order valence-corrected chi connectivity index (χ4v) is 9.86. The van der Waals surface area contributed by atoms with Crippen LogP contribution < -0.4 is 4.74 Å². The number of benzene rings is 4. The highest BCUT2D eigenvalue weighted by Gasteiger charge is 2.39. The van der Waals surface area contributed by atoms with E-state index in [0.717, 1.165) is 113 Å². The number of ether oxygens (including phenoxy) is 1. The number of hydrogen-bond acceptors (Lipinski definition) is 8. The summed E-state index contributed by atoms with van der Waals surface area (Å²) in [6, 6.07) is 27.9. The van der Waals surface area contributed by atoms with Crippen LogP contribution in [0.3, 0.4) is 0 Å². The van der Waals surface area contributed by atoms with E-state index in [0.29, 0.717) is 24.9 Å². The fraction of sp³-hybridized carbons (Fsp3) is 0.370. The number of ketones is 2. The summed E-state index contributed by atoms with van der Waals surface area (Å²) in [6.45, 7) is 7.17. The van der Waals surface area contributed by atoms with Crippen molar-refractivity contribution in [3.8, 4) is 27.7 Å². The van der Waals surface area contributed by atoms with Gasteiger partial charge in [-0.05, 0) is 142 Å². The summed E-state index contributed by atoms with van der Waals surface area (Å²) in [7, 11) is 0. The minimum Gasteiger partial charge on any atom is -0.508 e. The Morgan fingerprint density at radius 2 is 1.52 bits per heavy atom. The summed E-state index contributed by atoms with van der Waals surface area (Å²) in [5.74, 6) is 1.66. The highest BCUT2D eigenvalue weighted by atomic mass is 79.9. The van der Waals surface area contributed by atoms with E-state index in [-0.39, 0.29) is 29.6 Å². The standard InChI is InChI=1S/C46H48BrN3O5S/c47-35-12-10-33(11-13-35)45-44(40-19-14-37(52)29-43(40)56-45)55-38-16-7-31(8-17-38)6-3-22-49-24-4-23-48(25-26-49)21-2-1-5-32-9-18-39-34(27-32)30-50(46(39)54)41-20-15-36(51)28-42(41)53/h7-14,16-19,27,29,41,52H,1-6,15,20-26,28,30H2. The second kappa shape index (κ2) is 17.4. The lowest BCUT2D eigenvalue weighted by Gasteiger charge is -2.29. The van der Waals surface area contributed by atoms with Crippen molar-refractivity contribution in [3.63, 3.8) is 0 Å². The molecular weight excluding hydrogens is 786 g/mol. The molecule has 8 rings (SSSR count). The smallest absolute Gasteiger partial charge is 0.255 e. The van der Waals surface area contributed by atoms with Crippen LogP contribution in [0.5, 0.6) is 17.2 Å². The van der Waals surface area contributed by atoms with Gasteiger partial charge in [0.1, 0.15) is 17.3 Å². The Kier molecular flexibility index (Phi) is 12.0. The highest BCUT2D eigenvalue weighted by Crippen LogP contribution is 2.47. The summed E-state index contributed by atoms with van der Waals surface area (Å²) in [4.78, 5) is 45.2. The lowest BCUT2D eigenvalue weighted by atomic mass is 9.92. The number of halogens is 1. The molecule has 290 valence electrons. The van der Waals surface area contributed by atoms with Gasteiger partial charge in [-0.2, -0.15) is 0 Å². The maximum absolute atomic E-state index is 13.1. The Labute approximate surface area is 341 Å². The Bertz CT molecular complexity index is 2220. The first-order valence-corrected chi connectivity index (χ1v) is 21.6. The van der Waals surface area contributed by atoms with Gasteiger partial charge in [0.25, 0.3) is 5.91 Å².